The molecule has 2 heterocycles. The molecule has 1 aliphatic heterocycles. The summed E-state index contributed by atoms with van der Waals surface area (Å²) in [6.07, 6.45) is 0. The van der Waals surface area contributed by atoms with Crippen LogP contribution in [0.1, 0.15) is 0 Å². The van der Waals surface area contributed by atoms with E-state index in [1.807, 2.05) is 35.2 Å². The van der Waals surface area contributed by atoms with Gasteiger partial charge < -0.3 is 14.1 Å². The van der Waals surface area contributed by atoms with Crippen LogP contribution in [0.25, 0.3) is 22.3 Å². The van der Waals surface area contributed by atoms with Crippen LogP contribution in [-0.4, -0.2) is 26.3 Å². The first-order valence-corrected chi connectivity index (χ1v) is 8.26. The highest BCUT2D eigenvalue weighted by atomic mass is 35.5. The van der Waals surface area contributed by atoms with Crippen molar-refractivity contribution in [2.45, 2.75) is 0 Å². The van der Waals surface area contributed by atoms with Crippen molar-refractivity contribution in [3.8, 4) is 11.3 Å². The first-order valence-electron chi connectivity index (χ1n) is 7.88. The van der Waals surface area contributed by atoms with Gasteiger partial charge in [-0.2, -0.15) is 0 Å². The Kier molecular flexibility index (Phi) is 4.00. The summed E-state index contributed by atoms with van der Waals surface area (Å²) in [5.41, 5.74) is 1.95. The first kappa shape index (κ1) is 15.2. The number of morpholine rings is 1. The van der Waals surface area contributed by atoms with E-state index in [4.69, 9.17) is 20.8 Å². The standard InChI is InChI=1S/C19H16ClNO3/c20-14-6-7-16-15(12-14)18(22)17(21-8-10-23-11-9-21)19(24-16)13-4-2-1-3-5-13/h1-7,12H,8-11H2. The van der Waals surface area contributed by atoms with E-state index < -0.39 is 0 Å². The van der Waals surface area contributed by atoms with Crippen LogP contribution in [0.3, 0.4) is 0 Å². The summed E-state index contributed by atoms with van der Waals surface area (Å²) in [6, 6.07) is 14.9. The minimum Gasteiger partial charge on any atom is -0.454 e. The zero-order chi connectivity index (χ0) is 16.5. The van der Waals surface area contributed by atoms with E-state index in [-0.39, 0.29) is 5.43 Å². The molecule has 0 radical (unpaired) electrons. The first-order chi connectivity index (χ1) is 11.7. The van der Waals surface area contributed by atoms with Gasteiger partial charge in [0.1, 0.15) is 11.3 Å². The van der Waals surface area contributed by atoms with E-state index >= 15 is 0 Å². The van der Waals surface area contributed by atoms with Gasteiger partial charge in [-0.3, -0.25) is 4.79 Å². The maximum Gasteiger partial charge on any atom is 0.216 e. The normalized spacial score (nSPS) is 15.0. The Morgan fingerprint density at radius 2 is 1.75 bits per heavy atom. The zero-order valence-electron chi connectivity index (χ0n) is 13.0. The third-order valence-corrected chi connectivity index (χ3v) is 4.43. The average molecular weight is 342 g/mol. The van der Waals surface area contributed by atoms with Crippen LogP contribution in [0, 0.1) is 0 Å². The number of ether oxygens (including phenoxy) is 1. The summed E-state index contributed by atoms with van der Waals surface area (Å²) >= 11 is 6.07. The quantitative estimate of drug-likeness (QED) is 0.708. The van der Waals surface area contributed by atoms with Gasteiger partial charge >= 0.3 is 0 Å². The molecule has 3 aromatic rings. The summed E-state index contributed by atoms with van der Waals surface area (Å²) in [4.78, 5) is 15.2. The van der Waals surface area contributed by atoms with Gasteiger partial charge in [0.15, 0.2) is 5.76 Å². The van der Waals surface area contributed by atoms with E-state index in [0.29, 0.717) is 53.7 Å². The van der Waals surface area contributed by atoms with Crippen molar-refractivity contribution in [2.75, 3.05) is 31.2 Å². The van der Waals surface area contributed by atoms with Crippen molar-refractivity contribution in [3.05, 3.63) is 63.8 Å². The molecule has 4 nitrogen and oxygen atoms in total. The fourth-order valence-electron chi connectivity index (χ4n) is 3.02. The van der Waals surface area contributed by atoms with Crippen LogP contribution in [0.2, 0.25) is 5.02 Å². The average Bonchev–Trinajstić information content (AvgIpc) is 2.63. The third kappa shape index (κ3) is 2.68. The van der Waals surface area contributed by atoms with Crippen molar-refractivity contribution < 1.29 is 9.15 Å². The monoisotopic (exact) mass is 341 g/mol. The summed E-state index contributed by atoms with van der Waals surface area (Å²) in [5, 5.41) is 1.03. The highest BCUT2D eigenvalue weighted by molar-refractivity contribution is 6.31. The largest absolute Gasteiger partial charge is 0.454 e. The fraction of sp³-hybridized carbons (Fsp3) is 0.211. The molecule has 24 heavy (non-hydrogen) atoms. The molecule has 0 unspecified atom stereocenters. The molecule has 1 saturated heterocycles. The number of anilines is 1. The molecule has 1 aliphatic rings. The van der Waals surface area contributed by atoms with E-state index in [1.54, 1.807) is 18.2 Å². The van der Waals surface area contributed by atoms with Crippen molar-refractivity contribution in [3.63, 3.8) is 0 Å². The van der Waals surface area contributed by atoms with E-state index in [0.717, 1.165) is 5.56 Å². The Hall–Kier alpha value is -2.30. The molecule has 1 aromatic heterocycles. The lowest BCUT2D eigenvalue weighted by molar-refractivity contribution is 0.122. The molecular weight excluding hydrogens is 326 g/mol. The van der Waals surface area contributed by atoms with Crippen molar-refractivity contribution in [1.29, 1.82) is 0 Å². The second-order valence-corrected chi connectivity index (χ2v) is 6.15. The summed E-state index contributed by atoms with van der Waals surface area (Å²) in [6.45, 7) is 2.52. The van der Waals surface area contributed by atoms with Gasteiger partial charge in [-0.1, -0.05) is 41.9 Å². The molecule has 0 spiro atoms. The molecule has 0 aliphatic carbocycles. The number of halogens is 1. The number of rotatable bonds is 2. The molecular formula is C19H16ClNO3. The number of nitrogens with zero attached hydrogens (tertiary/aromatic N) is 1. The SMILES string of the molecule is O=c1c(N2CCOCC2)c(-c2ccccc2)oc2ccc(Cl)cc12. The Bertz CT molecular complexity index is 930. The van der Waals surface area contributed by atoms with E-state index in [1.165, 1.54) is 0 Å². The van der Waals surface area contributed by atoms with E-state index in [9.17, 15) is 4.79 Å². The van der Waals surface area contributed by atoms with Crippen LogP contribution in [0.5, 0.6) is 0 Å². The van der Waals surface area contributed by atoms with Crippen molar-refractivity contribution >= 4 is 28.3 Å². The smallest absolute Gasteiger partial charge is 0.216 e. The minimum absolute atomic E-state index is 0.0560. The highest BCUT2D eigenvalue weighted by Crippen LogP contribution is 2.32. The number of hydrogen-bond donors (Lipinski definition) is 0. The Balaban J connectivity index is 2.01. The van der Waals surface area contributed by atoms with Crippen LogP contribution < -0.4 is 10.3 Å². The Labute approximate surface area is 144 Å². The molecule has 4 rings (SSSR count). The van der Waals surface area contributed by atoms with Crippen LogP contribution in [0.4, 0.5) is 5.69 Å². The molecule has 5 heteroatoms. The van der Waals surface area contributed by atoms with Gasteiger partial charge in [0.05, 0.1) is 18.6 Å². The zero-order valence-corrected chi connectivity index (χ0v) is 13.8. The van der Waals surface area contributed by atoms with Gasteiger partial charge in [0.25, 0.3) is 0 Å². The number of hydrogen-bond acceptors (Lipinski definition) is 4. The van der Waals surface area contributed by atoms with Crippen molar-refractivity contribution in [2.24, 2.45) is 0 Å². The maximum atomic E-state index is 13.2. The highest BCUT2D eigenvalue weighted by Gasteiger charge is 2.23. The predicted molar refractivity (Wildman–Crippen MR) is 96.0 cm³/mol. The lowest BCUT2D eigenvalue weighted by atomic mass is 10.1. The molecule has 0 bridgehead atoms. The molecule has 122 valence electrons. The molecule has 0 amide bonds. The topological polar surface area (TPSA) is 42.7 Å². The van der Waals surface area contributed by atoms with Crippen molar-refractivity contribution in [1.82, 2.24) is 0 Å². The maximum absolute atomic E-state index is 13.2. The fourth-order valence-corrected chi connectivity index (χ4v) is 3.19. The van der Waals surface area contributed by atoms with Gasteiger partial charge in [0.2, 0.25) is 5.43 Å². The van der Waals surface area contributed by atoms with Crippen LogP contribution in [0.15, 0.2) is 57.7 Å². The lowest BCUT2D eigenvalue weighted by Crippen LogP contribution is -2.39. The summed E-state index contributed by atoms with van der Waals surface area (Å²) in [7, 11) is 0. The second kappa shape index (κ2) is 6.30. The summed E-state index contributed by atoms with van der Waals surface area (Å²) in [5.74, 6) is 0.595. The van der Waals surface area contributed by atoms with Crippen LogP contribution in [-0.2, 0) is 4.74 Å². The molecule has 0 saturated carbocycles. The number of fused-ring (bicyclic) bond motifs is 1. The Morgan fingerprint density at radius 1 is 1.00 bits per heavy atom. The molecule has 1 fully saturated rings. The van der Waals surface area contributed by atoms with E-state index in [2.05, 4.69) is 0 Å². The third-order valence-electron chi connectivity index (χ3n) is 4.19. The Morgan fingerprint density at radius 3 is 2.50 bits per heavy atom. The van der Waals surface area contributed by atoms with Gasteiger partial charge in [-0.05, 0) is 18.2 Å². The van der Waals surface area contributed by atoms with Crippen LogP contribution >= 0.6 is 11.6 Å². The molecule has 0 atom stereocenters. The van der Waals surface area contributed by atoms with Gasteiger partial charge in [-0.15, -0.1) is 0 Å². The predicted octanol–water partition coefficient (Wildman–Crippen LogP) is 3.95. The molecule has 0 N–H and O–H groups in total. The van der Waals surface area contributed by atoms with Gasteiger partial charge in [-0.25, -0.2) is 0 Å². The number of benzene rings is 2. The second-order valence-electron chi connectivity index (χ2n) is 5.71. The summed E-state index contributed by atoms with van der Waals surface area (Å²) < 4.78 is 11.5. The minimum atomic E-state index is -0.0560. The molecule has 2 aromatic carbocycles. The van der Waals surface area contributed by atoms with Gasteiger partial charge in [0, 0.05) is 23.7 Å². The lowest BCUT2D eigenvalue weighted by Gasteiger charge is -2.29.